The van der Waals surface area contributed by atoms with E-state index in [1.165, 1.54) is 0 Å². The summed E-state index contributed by atoms with van der Waals surface area (Å²) in [5.74, 6) is 0.619. The van der Waals surface area contributed by atoms with E-state index in [1.54, 1.807) is 0 Å². The van der Waals surface area contributed by atoms with E-state index in [0.29, 0.717) is 5.92 Å². The molecule has 0 bridgehead atoms. The average Bonchev–Trinajstić information content (AvgIpc) is 2.03. The van der Waals surface area contributed by atoms with Crippen LogP contribution in [-0.4, -0.2) is 10.7 Å². The van der Waals surface area contributed by atoms with E-state index in [4.69, 9.17) is 0 Å². The fraction of sp³-hybridized carbons (Fsp3) is 0.800. The molecular formula is C10H18O. The summed E-state index contributed by atoms with van der Waals surface area (Å²) in [5.41, 5.74) is -0.624. The van der Waals surface area contributed by atoms with Crippen LogP contribution in [0.25, 0.3) is 0 Å². The first-order valence-electron chi connectivity index (χ1n) is 4.27. The van der Waals surface area contributed by atoms with Crippen LogP contribution >= 0.6 is 0 Å². The second-order valence-electron chi connectivity index (χ2n) is 4.41. The molecule has 1 fully saturated rings. The van der Waals surface area contributed by atoms with Crippen LogP contribution in [0.2, 0.25) is 0 Å². The van der Waals surface area contributed by atoms with Crippen molar-refractivity contribution in [3.8, 4) is 0 Å². The maximum atomic E-state index is 10.0. The van der Waals surface area contributed by atoms with Gasteiger partial charge in [0.15, 0.2) is 0 Å². The number of hydrogen-bond acceptors (Lipinski definition) is 1. The van der Waals surface area contributed by atoms with E-state index in [0.717, 1.165) is 12.8 Å². The Bertz CT molecular complexity index is 172. The Morgan fingerprint density at radius 1 is 1.45 bits per heavy atom. The van der Waals surface area contributed by atoms with Gasteiger partial charge in [0.2, 0.25) is 0 Å². The summed E-state index contributed by atoms with van der Waals surface area (Å²) >= 11 is 0. The van der Waals surface area contributed by atoms with Crippen molar-refractivity contribution in [2.45, 2.75) is 39.2 Å². The predicted molar refractivity (Wildman–Crippen MR) is 47.3 cm³/mol. The van der Waals surface area contributed by atoms with Gasteiger partial charge in [-0.15, -0.1) is 6.58 Å². The fourth-order valence-corrected chi connectivity index (χ4v) is 2.23. The highest BCUT2D eigenvalue weighted by atomic mass is 16.3. The van der Waals surface area contributed by atoms with Gasteiger partial charge in [-0.3, -0.25) is 0 Å². The van der Waals surface area contributed by atoms with Crippen molar-refractivity contribution in [1.29, 1.82) is 0 Å². The summed E-state index contributed by atoms with van der Waals surface area (Å²) < 4.78 is 0. The van der Waals surface area contributed by atoms with Gasteiger partial charge in [-0.05, 0) is 25.7 Å². The summed E-state index contributed by atoms with van der Waals surface area (Å²) in [6.45, 7) is 9.97. The second kappa shape index (κ2) is 2.34. The molecule has 1 aliphatic rings. The Hall–Kier alpha value is -0.300. The third kappa shape index (κ3) is 1.22. The van der Waals surface area contributed by atoms with Gasteiger partial charge in [0, 0.05) is 5.41 Å². The molecule has 1 nitrogen and oxygen atoms in total. The van der Waals surface area contributed by atoms with Gasteiger partial charge in [-0.1, -0.05) is 19.9 Å². The molecule has 2 unspecified atom stereocenters. The molecular weight excluding hydrogens is 136 g/mol. The summed E-state index contributed by atoms with van der Waals surface area (Å²) in [6, 6.07) is 0. The zero-order valence-electron chi connectivity index (χ0n) is 7.72. The van der Waals surface area contributed by atoms with E-state index >= 15 is 0 Å². The van der Waals surface area contributed by atoms with Crippen LogP contribution in [0.5, 0.6) is 0 Å². The zero-order chi connectivity index (χ0) is 8.70. The Morgan fingerprint density at radius 3 is 2.18 bits per heavy atom. The average molecular weight is 154 g/mol. The summed E-state index contributed by atoms with van der Waals surface area (Å²) in [6.07, 6.45) is 3.86. The van der Waals surface area contributed by atoms with E-state index in [1.807, 2.05) is 13.0 Å². The lowest BCUT2D eigenvalue weighted by atomic mass is 9.77. The maximum absolute atomic E-state index is 10.0. The lowest BCUT2D eigenvalue weighted by Crippen LogP contribution is -2.36. The Balaban J connectivity index is 2.89. The van der Waals surface area contributed by atoms with Crippen LogP contribution in [0, 0.1) is 11.3 Å². The molecule has 0 radical (unpaired) electrons. The fourth-order valence-electron chi connectivity index (χ4n) is 2.23. The largest absolute Gasteiger partial charge is 0.389 e. The number of aliphatic hydroxyl groups is 1. The first-order chi connectivity index (χ1) is 4.91. The summed E-state index contributed by atoms with van der Waals surface area (Å²) in [7, 11) is 0. The van der Waals surface area contributed by atoms with Crippen molar-refractivity contribution in [1.82, 2.24) is 0 Å². The van der Waals surface area contributed by atoms with Gasteiger partial charge in [0.25, 0.3) is 0 Å². The highest BCUT2D eigenvalue weighted by molar-refractivity contribution is 5.09. The van der Waals surface area contributed by atoms with Gasteiger partial charge in [-0.2, -0.15) is 0 Å². The van der Waals surface area contributed by atoms with Crippen molar-refractivity contribution in [3.63, 3.8) is 0 Å². The molecule has 64 valence electrons. The molecule has 0 aliphatic heterocycles. The van der Waals surface area contributed by atoms with Crippen molar-refractivity contribution in [3.05, 3.63) is 12.7 Å². The Kier molecular flexibility index (Phi) is 1.87. The normalized spacial score (nSPS) is 51.1. The highest BCUT2D eigenvalue weighted by Crippen LogP contribution is 2.49. The lowest BCUT2D eigenvalue weighted by Gasteiger charge is -2.33. The van der Waals surface area contributed by atoms with Gasteiger partial charge >= 0.3 is 0 Å². The van der Waals surface area contributed by atoms with E-state index in [9.17, 15) is 5.11 Å². The molecule has 0 heterocycles. The van der Waals surface area contributed by atoms with Gasteiger partial charge in [-0.25, -0.2) is 0 Å². The number of rotatable bonds is 1. The molecule has 1 aliphatic carbocycles. The molecule has 0 aromatic heterocycles. The zero-order valence-corrected chi connectivity index (χ0v) is 7.72. The van der Waals surface area contributed by atoms with Crippen molar-refractivity contribution in [2.24, 2.45) is 11.3 Å². The van der Waals surface area contributed by atoms with E-state index < -0.39 is 5.60 Å². The quantitative estimate of drug-likeness (QED) is 0.575. The first-order valence-corrected chi connectivity index (χ1v) is 4.27. The van der Waals surface area contributed by atoms with Crippen molar-refractivity contribution < 1.29 is 5.11 Å². The summed E-state index contributed by atoms with van der Waals surface area (Å²) in [5, 5.41) is 10.0. The smallest absolute Gasteiger partial charge is 0.0709 e. The van der Waals surface area contributed by atoms with Crippen LogP contribution in [0.4, 0.5) is 0 Å². The molecule has 1 N–H and O–H groups in total. The molecule has 0 saturated heterocycles. The molecule has 0 aromatic carbocycles. The molecule has 0 amide bonds. The van der Waals surface area contributed by atoms with Crippen LogP contribution in [-0.2, 0) is 0 Å². The third-order valence-corrected chi connectivity index (χ3v) is 3.20. The third-order valence-electron chi connectivity index (χ3n) is 3.20. The first kappa shape index (κ1) is 8.79. The predicted octanol–water partition coefficient (Wildman–Crippen LogP) is 2.36. The number of hydrogen-bond donors (Lipinski definition) is 1. The molecule has 3 atom stereocenters. The highest BCUT2D eigenvalue weighted by Gasteiger charge is 2.48. The molecule has 1 heteroatoms. The van der Waals surface area contributed by atoms with Crippen molar-refractivity contribution >= 4 is 0 Å². The minimum Gasteiger partial charge on any atom is -0.389 e. The Morgan fingerprint density at radius 2 is 2.00 bits per heavy atom. The standard InChI is InChI=1S/C10H18O/c1-5-9(3)6-8(2)7-10(9,4)11/h5,8,11H,1,6-7H2,2-4H3/t8?,9-,10?/m0/s1. The lowest BCUT2D eigenvalue weighted by molar-refractivity contribution is -0.00987. The van der Waals surface area contributed by atoms with Crippen LogP contribution in [0.3, 0.4) is 0 Å². The SMILES string of the molecule is C=C[C@@]1(C)CC(C)CC1(C)O. The Labute approximate surface area is 69.1 Å². The van der Waals surface area contributed by atoms with Crippen LogP contribution in [0.1, 0.15) is 33.6 Å². The second-order valence-corrected chi connectivity index (χ2v) is 4.41. The minimum absolute atomic E-state index is 0.0770. The van der Waals surface area contributed by atoms with Gasteiger partial charge in [0.05, 0.1) is 5.60 Å². The molecule has 11 heavy (non-hydrogen) atoms. The van der Waals surface area contributed by atoms with Gasteiger partial charge < -0.3 is 5.11 Å². The van der Waals surface area contributed by atoms with Crippen LogP contribution < -0.4 is 0 Å². The van der Waals surface area contributed by atoms with E-state index in [-0.39, 0.29) is 5.41 Å². The van der Waals surface area contributed by atoms with Crippen LogP contribution in [0.15, 0.2) is 12.7 Å². The molecule has 1 saturated carbocycles. The molecule has 0 spiro atoms. The maximum Gasteiger partial charge on any atom is 0.0709 e. The molecule has 1 rings (SSSR count). The monoisotopic (exact) mass is 154 g/mol. The van der Waals surface area contributed by atoms with Crippen molar-refractivity contribution in [2.75, 3.05) is 0 Å². The summed E-state index contributed by atoms with van der Waals surface area (Å²) in [4.78, 5) is 0. The minimum atomic E-state index is -0.547. The topological polar surface area (TPSA) is 20.2 Å². The van der Waals surface area contributed by atoms with E-state index in [2.05, 4.69) is 20.4 Å². The molecule has 0 aromatic rings. The van der Waals surface area contributed by atoms with Gasteiger partial charge in [0.1, 0.15) is 0 Å².